The van der Waals surface area contributed by atoms with E-state index in [1.165, 1.54) is 54.9 Å². The van der Waals surface area contributed by atoms with E-state index in [4.69, 9.17) is 4.42 Å². The molecule has 9 aromatic carbocycles. The molecule has 292 valence electrons. The van der Waals surface area contributed by atoms with Gasteiger partial charge >= 0.3 is 0 Å². The van der Waals surface area contributed by atoms with Crippen LogP contribution in [0.5, 0.6) is 0 Å². The number of rotatable bonds is 6. The van der Waals surface area contributed by atoms with Gasteiger partial charge in [0.05, 0.1) is 11.4 Å². The number of anilines is 3. The van der Waals surface area contributed by atoms with Gasteiger partial charge in [-0.2, -0.15) is 0 Å². The van der Waals surface area contributed by atoms with Gasteiger partial charge in [-0.15, -0.1) is 0 Å². The van der Waals surface area contributed by atoms with Gasteiger partial charge in [-0.05, 0) is 108 Å². The van der Waals surface area contributed by atoms with Crippen LogP contribution in [0.15, 0.2) is 192 Å². The zero-order valence-electron chi connectivity index (χ0n) is 35.3. The summed E-state index contributed by atoms with van der Waals surface area (Å²) >= 11 is 0. The van der Waals surface area contributed by atoms with Crippen molar-refractivity contribution in [3.05, 3.63) is 199 Å². The van der Waals surface area contributed by atoms with E-state index in [2.05, 4.69) is 222 Å². The van der Waals surface area contributed by atoms with E-state index in [1.54, 1.807) is 0 Å². The van der Waals surface area contributed by atoms with Crippen molar-refractivity contribution >= 4 is 60.5 Å². The Labute approximate surface area is 353 Å². The molecule has 0 aliphatic rings. The van der Waals surface area contributed by atoms with Crippen molar-refractivity contribution in [3.8, 4) is 33.4 Å². The van der Waals surface area contributed by atoms with Crippen LogP contribution in [0.4, 0.5) is 17.1 Å². The molecule has 0 atom stereocenters. The highest BCUT2D eigenvalue weighted by Crippen LogP contribution is 2.47. The maximum absolute atomic E-state index is 6.22. The van der Waals surface area contributed by atoms with Crippen LogP contribution >= 0.6 is 0 Å². The maximum atomic E-state index is 6.22. The smallest absolute Gasteiger partial charge is 0.135 e. The first-order chi connectivity index (χ1) is 29.0. The minimum Gasteiger partial charge on any atom is -0.456 e. The lowest BCUT2D eigenvalue weighted by Gasteiger charge is -2.30. The molecule has 0 radical (unpaired) electrons. The van der Waals surface area contributed by atoms with Crippen molar-refractivity contribution in [1.29, 1.82) is 0 Å². The second-order valence-corrected chi connectivity index (χ2v) is 18.2. The fourth-order valence-corrected chi connectivity index (χ4v) is 8.89. The summed E-state index contributed by atoms with van der Waals surface area (Å²) in [6.07, 6.45) is 0. The van der Waals surface area contributed by atoms with Crippen LogP contribution in [0.2, 0.25) is 0 Å². The van der Waals surface area contributed by atoms with Gasteiger partial charge in [0, 0.05) is 27.4 Å². The molecular formula is C58H49NO. The first-order valence-corrected chi connectivity index (χ1v) is 21.1. The zero-order valence-corrected chi connectivity index (χ0v) is 35.3. The molecule has 10 aromatic rings. The Morgan fingerprint density at radius 2 is 0.933 bits per heavy atom. The number of para-hydroxylation sites is 2. The lowest BCUT2D eigenvalue weighted by Crippen LogP contribution is -2.16. The molecule has 0 amide bonds. The highest BCUT2D eigenvalue weighted by molar-refractivity contribution is 6.10. The Bertz CT molecular complexity index is 3200. The van der Waals surface area contributed by atoms with Gasteiger partial charge in [0.15, 0.2) is 0 Å². The van der Waals surface area contributed by atoms with Crippen LogP contribution in [0.25, 0.3) is 76.9 Å². The van der Waals surface area contributed by atoms with Crippen LogP contribution in [0.3, 0.4) is 0 Å². The predicted molar refractivity (Wildman–Crippen MR) is 257 cm³/mol. The lowest BCUT2D eigenvalue weighted by molar-refractivity contribution is 0.569. The first-order valence-electron chi connectivity index (χ1n) is 21.1. The van der Waals surface area contributed by atoms with Gasteiger partial charge < -0.3 is 9.32 Å². The third kappa shape index (κ3) is 6.63. The molecule has 0 N–H and O–H groups in total. The van der Waals surface area contributed by atoms with E-state index in [0.717, 1.165) is 50.1 Å². The zero-order chi connectivity index (χ0) is 41.2. The van der Waals surface area contributed by atoms with E-state index in [-0.39, 0.29) is 10.8 Å². The summed E-state index contributed by atoms with van der Waals surface area (Å²) in [5.41, 5.74) is 15.0. The maximum Gasteiger partial charge on any atom is 0.135 e. The molecule has 2 heteroatoms. The molecule has 0 fully saturated rings. The second kappa shape index (κ2) is 14.4. The Morgan fingerprint density at radius 1 is 0.367 bits per heavy atom. The van der Waals surface area contributed by atoms with Crippen LogP contribution < -0.4 is 4.90 Å². The largest absolute Gasteiger partial charge is 0.456 e. The third-order valence-electron chi connectivity index (χ3n) is 12.1. The number of hydrogen-bond acceptors (Lipinski definition) is 2. The molecule has 0 spiro atoms. The average Bonchev–Trinajstić information content (AvgIpc) is 3.64. The van der Waals surface area contributed by atoms with Crippen LogP contribution in [0, 0.1) is 0 Å². The Morgan fingerprint density at radius 3 is 1.72 bits per heavy atom. The van der Waals surface area contributed by atoms with Crippen LogP contribution in [-0.4, -0.2) is 0 Å². The van der Waals surface area contributed by atoms with Gasteiger partial charge in [-0.3, -0.25) is 0 Å². The predicted octanol–water partition coefficient (Wildman–Crippen LogP) is 17.0. The van der Waals surface area contributed by atoms with E-state index < -0.39 is 0 Å². The van der Waals surface area contributed by atoms with E-state index in [0.29, 0.717) is 0 Å². The highest BCUT2D eigenvalue weighted by atomic mass is 16.3. The molecule has 0 saturated heterocycles. The Balaban J connectivity index is 1.21. The van der Waals surface area contributed by atoms with Gasteiger partial charge in [-0.25, -0.2) is 0 Å². The molecule has 60 heavy (non-hydrogen) atoms. The van der Waals surface area contributed by atoms with Crippen molar-refractivity contribution in [1.82, 2.24) is 0 Å². The van der Waals surface area contributed by atoms with Crippen LogP contribution in [-0.2, 0) is 10.8 Å². The summed E-state index contributed by atoms with van der Waals surface area (Å²) in [6, 6.07) is 69.0. The van der Waals surface area contributed by atoms with Gasteiger partial charge in [0.2, 0.25) is 0 Å². The SMILES string of the molecule is CC(C)(C)c1cc(-c2cccc3cccc(-c4ccccc4N(c4cccc(-c5ccc6oc7ccccc7c6c5)c4)c4cccc5ccccc45)c23)cc(C(C)(C)C)c1. The third-order valence-corrected chi connectivity index (χ3v) is 12.1. The molecule has 0 aliphatic heterocycles. The number of furan rings is 1. The summed E-state index contributed by atoms with van der Waals surface area (Å²) in [6.45, 7) is 13.9. The molecule has 1 aromatic heterocycles. The highest BCUT2D eigenvalue weighted by Gasteiger charge is 2.24. The van der Waals surface area contributed by atoms with Crippen molar-refractivity contribution in [2.75, 3.05) is 4.90 Å². The molecule has 2 nitrogen and oxygen atoms in total. The van der Waals surface area contributed by atoms with E-state index in [9.17, 15) is 0 Å². The summed E-state index contributed by atoms with van der Waals surface area (Å²) in [5.74, 6) is 0. The molecular weight excluding hydrogens is 727 g/mol. The van der Waals surface area contributed by atoms with E-state index >= 15 is 0 Å². The summed E-state index contributed by atoms with van der Waals surface area (Å²) in [7, 11) is 0. The number of benzene rings is 9. The first kappa shape index (κ1) is 37.4. The summed E-state index contributed by atoms with van der Waals surface area (Å²) < 4.78 is 6.22. The molecule has 10 rings (SSSR count). The fourth-order valence-electron chi connectivity index (χ4n) is 8.89. The van der Waals surface area contributed by atoms with Gasteiger partial charge in [0.1, 0.15) is 11.2 Å². The Hall–Kier alpha value is -6.90. The Kier molecular flexibility index (Phi) is 8.99. The molecule has 0 bridgehead atoms. The topological polar surface area (TPSA) is 16.4 Å². The van der Waals surface area contributed by atoms with Crippen molar-refractivity contribution in [2.45, 2.75) is 52.4 Å². The lowest BCUT2D eigenvalue weighted by atomic mass is 9.78. The molecule has 0 saturated carbocycles. The monoisotopic (exact) mass is 775 g/mol. The van der Waals surface area contributed by atoms with Crippen molar-refractivity contribution < 1.29 is 4.42 Å². The number of hydrogen-bond donors (Lipinski definition) is 0. The quantitative estimate of drug-likeness (QED) is 0.167. The summed E-state index contributed by atoms with van der Waals surface area (Å²) in [4.78, 5) is 2.46. The fraction of sp³-hybridized carbons (Fsp3) is 0.138. The van der Waals surface area contributed by atoms with Gasteiger partial charge in [0.25, 0.3) is 0 Å². The number of nitrogens with zero attached hydrogens (tertiary/aromatic N) is 1. The van der Waals surface area contributed by atoms with Crippen LogP contribution in [0.1, 0.15) is 52.7 Å². The second-order valence-electron chi connectivity index (χ2n) is 18.2. The summed E-state index contributed by atoms with van der Waals surface area (Å²) in [5, 5.41) is 7.13. The molecule has 0 unspecified atom stereocenters. The van der Waals surface area contributed by atoms with Gasteiger partial charge in [-0.1, -0.05) is 187 Å². The average molecular weight is 776 g/mol. The van der Waals surface area contributed by atoms with Crippen molar-refractivity contribution in [2.24, 2.45) is 0 Å². The minimum atomic E-state index is 0.00157. The van der Waals surface area contributed by atoms with Crippen molar-refractivity contribution in [3.63, 3.8) is 0 Å². The van der Waals surface area contributed by atoms with E-state index in [1.807, 2.05) is 12.1 Å². The molecule has 1 heterocycles. The normalized spacial score (nSPS) is 12.2. The standard InChI is InChI=1S/C58H49NO/c1-57(2,3)43-33-42(34-44(37-43)58(4,5)6)47-26-14-19-39-20-15-27-50(56(39)47)48-24-9-11-28-53(48)59(52-29-16-18-38-17-7-8-23-46(38)52)45-22-13-21-40(35-45)41-31-32-55-51(36-41)49-25-10-12-30-54(49)60-55/h7-37H,1-6H3. The molecule has 0 aliphatic carbocycles. The number of fused-ring (bicyclic) bond motifs is 5. The minimum absolute atomic E-state index is 0.00157.